The molecule has 1 saturated heterocycles. The molecule has 1 radical (unpaired) electrons. The zero-order chi connectivity index (χ0) is 31.3. The first-order valence-corrected chi connectivity index (χ1v) is 15.2. The molecule has 233 valence electrons. The van der Waals surface area contributed by atoms with Gasteiger partial charge in [-0.05, 0) is 61.2 Å². The molecule has 1 fully saturated rings. The number of hydrazine groups is 1. The van der Waals surface area contributed by atoms with Crippen molar-refractivity contribution in [1.29, 1.82) is 0 Å². The van der Waals surface area contributed by atoms with Gasteiger partial charge < -0.3 is 25.1 Å². The van der Waals surface area contributed by atoms with Crippen LogP contribution in [-0.4, -0.2) is 55.7 Å². The molecule has 4 aromatic rings. The van der Waals surface area contributed by atoms with Crippen molar-refractivity contribution in [1.82, 2.24) is 15.6 Å². The molecule has 3 aromatic carbocycles. The van der Waals surface area contributed by atoms with Crippen LogP contribution >= 0.6 is 0 Å². The van der Waals surface area contributed by atoms with E-state index in [0.717, 1.165) is 35.4 Å². The van der Waals surface area contributed by atoms with Gasteiger partial charge in [0.2, 0.25) is 5.91 Å². The number of piperidine rings is 1. The lowest BCUT2D eigenvalue weighted by Gasteiger charge is -2.37. The minimum Gasteiger partial charge on any atom is -0.468 e. The number of amides is 3. The summed E-state index contributed by atoms with van der Waals surface area (Å²) in [5.41, 5.74) is 3.54. The fourth-order valence-corrected chi connectivity index (χ4v) is 5.07. The summed E-state index contributed by atoms with van der Waals surface area (Å²) in [7, 11) is 0. The van der Waals surface area contributed by atoms with Gasteiger partial charge >= 0.3 is 6.09 Å². The molecule has 10 nitrogen and oxygen atoms in total. The normalized spacial score (nSPS) is 13.2. The molecule has 3 amide bonds. The number of nitrogens with one attached hydrogen (secondary N) is 3. The fraction of sp³-hybridized carbons (Fsp3) is 0.257. The lowest BCUT2D eigenvalue weighted by molar-refractivity contribution is -0.116. The Morgan fingerprint density at radius 3 is 2.47 bits per heavy atom. The van der Waals surface area contributed by atoms with E-state index in [2.05, 4.69) is 22.4 Å². The minimum absolute atomic E-state index is 0.0363. The van der Waals surface area contributed by atoms with E-state index in [4.69, 9.17) is 9.15 Å². The molecule has 45 heavy (non-hydrogen) atoms. The summed E-state index contributed by atoms with van der Waals surface area (Å²) in [5.74, 6) is 0.253. The number of anilines is 2. The second-order valence-corrected chi connectivity index (χ2v) is 10.5. The van der Waals surface area contributed by atoms with Crippen LogP contribution in [0.25, 0.3) is 11.1 Å². The topological polar surface area (TPSA) is 116 Å². The van der Waals surface area contributed by atoms with Crippen molar-refractivity contribution in [2.24, 2.45) is 0 Å². The first-order valence-electron chi connectivity index (χ1n) is 15.2. The van der Waals surface area contributed by atoms with E-state index in [1.807, 2.05) is 71.7 Å². The maximum atomic E-state index is 13.5. The zero-order valence-electron chi connectivity index (χ0n) is 25.1. The molecule has 1 aromatic heterocycles. The highest BCUT2D eigenvalue weighted by Gasteiger charge is 2.28. The van der Waals surface area contributed by atoms with Crippen molar-refractivity contribution in [3.63, 3.8) is 0 Å². The number of ether oxygens (including phenoxy) is 1. The Hall–Kier alpha value is -4.93. The van der Waals surface area contributed by atoms with Gasteiger partial charge in [-0.25, -0.2) is 14.8 Å². The maximum absolute atomic E-state index is 13.5. The monoisotopic (exact) mass is 608 g/mol. The Balaban J connectivity index is 1.13. The highest BCUT2D eigenvalue weighted by atomic mass is 16.6. The zero-order valence-corrected chi connectivity index (χ0v) is 25.1. The van der Waals surface area contributed by atoms with Crippen LogP contribution in [0.2, 0.25) is 0 Å². The number of carbonyl (C=O) groups excluding carboxylic acids is 3. The van der Waals surface area contributed by atoms with Gasteiger partial charge in [-0.15, -0.1) is 0 Å². The van der Waals surface area contributed by atoms with Gasteiger partial charge in [0.15, 0.2) is 0 Å². The van der Waals surface area contributed by atoms with E-state index in [0.29, 0.717) is 44.0 Å². The number of hydrogen-bond acceptors (Lipinski definition) is 7. The summed E-state index contributed by atoms with van der Waals surface area (Å²) in [5, 5.41) is 12.4. The Labute approximate surface area is 263 Å². The molecule has 2 heterocycles. The lowest BCUT2D eigenvalue weighted by Crippen LogP contribution is -2.49. The van der Waals surface area contributed by atoms with Gasteiger partial charge in [-0.3, -0.25) is 9.59 Å². The van der Waals surface area contributed by atoms with Crippen molar-refractivity contribution in [2.75, 3.05) is 43.1 Å². The summed E-state index contributed by atoms with van der Waals surface area (Å²) >= 11 is 0. The van der Waals surface area contributed by atoms with E-state index >= 15 is 0 Å². The Morgan fingerprint density at radius 2 is 1.67 bits per heavy atom. The van der Waals surface area contributed by atoms with E-state index < -0.39 is 6.09 Å². The van der Waals surface area contributed by atoms with Crippen molar-refractivity contribution in [2.45, 2.75) is 25.8 Å². The molecule has 0 saturated carbocycles. The number of benzene rings is 3. The highest BCUT2D eigenvalue weighted by molar-refractivity contribution is 5.97. The second-order valence-electron chi connectivity index (χ2n) is 10.5. The van der Waals surface area contributed by atoms with E-state index in [9.17, 15) is 14.4 Å². The smallest absolute Gasteiger partial charge is 0.429 e. The third-order valence-electron chi connectivity index (χ3n) is 7.29. The average molecular weight is 609 g/mol. The molecule has 0 spiro atoms. The van der Waals surface area contributed by atoms with E-state index in [1.165, 1.54) is 0 Å². The number of hydrogen-bond donors (Lipinski definition) is 3. The third kappa shape index (κ3) is 9.04. The molecule has 1 aliphatic heterocycles. The molecule has 5 rings (SSSR count). The van der Waals surface area contributed by atoms with Crippen LogP contribution in [0.15, 0.2) is 102 Å². The first kappa shape index (κ1) is 31.5. The molecular weight excluding hydrogens is 570 g/mol. The molecular formula is C35H38N5O5. The number of para-hydroxylation sites is 1. The summed E-state index contributed by atoms with van der Waals surface area (Å²) in [6.07, 6.45) is 4.98. The summed E-state index contributed by atoms with van der Waals surface area (Å²) < 4.78 is 10.9. The first-order chi connectivity index (χ1) is 22.1. The van der Waals surface area contributed by atoms with Crippen LogP contribution in [0.1, 0.15) is 35.4 Å². The predicted octanol–water partition coefficient (Wildman–Crippen LogP) is 5.65. The van der Waals surface area contributed by atoms with Crippen molar-refractivity contribution in [3.05, 3.63) is 115 Å². The fourth-order valence-electron chi connectivity index (χ4n) is 5.07. The van der Waals surface area contributed by atoms with Gasteiger partial charge in [-0.1, -0.05) is 54.6 Å². The second kappa shape index (κ2) is 16.2. The summed E-state index contributed by atoms with van der Waals surface area (Å²) in [6, 6.07) is 28.1. The molecule has 3 N–H and O–H groups in total. The van der Waals surface area contributed by atoms with Gasteiger partial charge in [-0.2, -0.15) is 0 Å². The molecule has 0 atom stereocenters. The van der Waals surface area contributed by atoms with Crippen LogP contribution in [0.5, 0.6) is 0 Å². The minimum atomic E-state index is -0.537. The quantitative estimate of drug-likeness (QED) is 0.168. The Bertz CT molecular complexity index is 1540. The number of furan rings is 1. The largest absolute Gasteiger partial charge is 0.468 e. The Kier molecular flexibility index (Phi) is 11.4. The SMILES string of the molecule is O=C(CCOC(=O)N(c1ccccc1-c1ccccc1)N1CC[CH]CC1)Nc1cccc(C(=O)NCCNCc2ccco2)c1. The van der Waals surface area contributed by atoms with Crippen LogP contribution in [0.3, 0.4) is 0 Å². The van der Waals surface area contributed by atoms with Gasteiger partial charge in [0, 0.05) is 43.0 Å². The lowest BCUT2D eigenvalue weighted by atomic mass is 10.0. The highest BCUT2D eigenvalue weighted by Crippen LogP contribution is 2.33. The summed E-state index contributed by atoms with van der Waals surface area (Å²) in [6.45, 7) is 2.86. The number of nitrogens with zero attached hydrogens (tertiary/aromatic N) is 2. The summed E-state index contributed by atoms with van der Waals surface area (Å²) in [4.78, 5) is 38.9. The number of rotatable bonds is 13. The predicted molar refractivity (Wildman–Crippen MR) is 173 cm³/mol. The van der Waals surface area contributed by atoms with Crippen LogP contribution < -0.4 is 21.0 Å². The third-order valence-corrected chi connectivity index (χ3v) is 7.29. The molecule has 0 unspecified atom stereocenters. The Morgan fingerprint density at radius 1 is 0.867 bits per heavy atom. The van der Waals surface area contributed by atoms with Crippen molar-refractivity contribution < 1.29 is 23.5 Å². The van der Waals surface area contributed by atoms with Crippen LogP contribution in [0, 0.1) is 6.42 Å². The maximum Gasteiger partial charge on any atom is 0.429 e. The van der Waals surface area contributed by atoms with Gasteiger partial charge in [0.1, 0.15) is 12.4 Å². The van der Waals surface area contributed by atoms with Gasteiger partial charge in [0.25, 0.3) is 5.91 Å². The van der Waals surface area contributed by atoms with Crippen molar-refractivity contribution in [3.8, 4) is 11.1 Å². The molecule has 1 aliphatic rings. The molecule has 0 aliphatic carbocycles. The number of carbonyl (C=O) groups is 3. The van der Waals surface area contributed by atoms with Crippen LogP contribution in [-0.2, 0) is 16.1 Å². The average Bonchev–Trinajstić information content (AvgIpc) is 3.60. The molecule has 0 bridgehead atoms. The molecule has 10 heteroatoms. The van der Waals surface area contributed by atoms with Gasteiger partial charge in [0.05, 0.1) is 24.9 Å². The van der Waals surface area contributed by atoms with E-state index in [1.54, 1.807) is 35.5 Å². The van der Waals surface area contributed by atoms with Crippen LogP contribution in [0.4, 0.5) is 16.2 Å². The standard InChI is InChI=1S/C35H38N5O5/c41-33(38-29-14-9-13-28(25-29)34(42)37-20-19-36-26-30-15-10-23-44-30)18-24-45-35(43)40(39-21-7-2-8-22-39)32-17-6-5-16-31(32)27-11-3-1-4-12-27/h1-6,9-17,23,25,36H,7-8,18-22,24,26H2,(H,37,42)(H,38,41). The van der Waals surface area contributed by atoms with Crippen molar-refractivity contribution >= 4 is 29.3 Å². The van der Waals surface area contributed by atoms with E-state index in [-0.39, 0.29) is 24.8 Å².